The molecule has 0 radical (unpaired) electrons. The number of hydrogen-bond donors (Lipinski definition) is 1. The first kappa shape index (κ1) is 14.4. The second-order valence-corrected chi connectivity index (χ2v) is 7.61. The van der Waals surface area contributed by atoms with Crippen molar-refractivity contribution in [2.45, 2.75) is 62.6 Å². The quantitative estimate of drug-likeness (QED) is 0.834. The highest BCUT2D eigenvalue weighted by atomic mass is 16.5. The van der Waals surface area contributed by atoms with Crippen LogP contribution in [0.3, 0.4) is 0 Å². The van der Waals surface area contributed by atoms with E-state index in [1.807, 2.05) is 0 Å². The third kappa shape index (κ3) is 3.00. The smallest absolute Gasteiger partial charge is 0.0723 e. The number of likely N-dealkylation sites (tertiary alicyclic amines) is 2. The third-order valence-electron chi connectivity index (χ3n) is 6.38. The molecule has 4 aliphatic heterocycles. The lowest BCUT2D eigenvalue weighted by Gasteiger charge is -2.39. The molecule has 4 saturated heterocycles. The van der Waals surface area contributed by atoms with E-state index in [0.717, 1.165) is 25.7 Å². The Bertz CT molecular complexity index is 342. The van der Waals surface area contributed by atoms with Crippen molar-refractivity contribution in [1.29, 1.82) is 0 Å². The summed E-state index contributed by atoms with van der Waals surface area (Å²) in [7, 11) is 0. The first-order valence-corrected chi connectivity index (χ1v) is 9.17. The van der Waals surface area contributed by atoms with Gasteiger partial charge in [-0.25, -0.2) is 0 Å². The van der Waals surface area contributed by atoms with Gasteiger partial charge in [-0.15, -0.1) is 0 Å². The van der Waals surface area contributed by atoms with Crippen molar-refractivity contribution in [3.8, 4) is 0 Å². The Morgan fingerprint density at radius 1 is 0.857 bits per heavy atom. The summed E-state index contributed by atoms with van der Waals surface area (Å²) in [6, 6.07) is 1.57. The Balaban J connectivity index is 1.28. The lowest BCUT2D eigenvalue weighted by atomic mass is 9.87. The molecule has 21 heavy (non-hydrogen) atoms. The first-order valence-electron chi connectivity index (χ1n) is 9.17. The molecular weight excluding hydrogens is 262 g/mol. The van der Waals surface area contributed by atoms with Crippen molar-refractivity contribution in [1.82, 2.24) is 15.1 Å². The molecule has 4 heteroatoms. The molecule has 4 heterocycles. The molecule has 1 unspecified atom stereocenters. The van der Waals surface area contributed by atoms with Gasteiger partial charge in [0.1, 0.15) is 0 Å². The van der Waals surface area contributed by atoms with Crippen LogP contribution in [0.15, 0.2) is 0 Å². The lowest BCUT2D eigenvalue weighted by Crippen LogP contribution is -2.48. The highest BCUT2D eigenvalue weighted by molar-refractivity contribution is 4.97. The van der Waals surface area contributed by atoms with Crippen LogP contribution >= 0.6 is 0 Å². The topological polar surface area (TPSA) is 27.7 Å². The number of piperidine rings is 2. The molecule has 0 saturated carbocycles. The maximum absolute atomic E-state index is 6.28. The van der Waals surface area contributed by atoms with Gasteiger partial charge in [-0.1, -0.05) is 0 Å². The maximum Gasteiger partial charge on any atom is 0.0723 e. The van der Waals surface area contributed by atoms with Crippen molar-refractivity contribution in [2.75, 3.05) is 45.9 Å². The molecule has 1 atom stereocenters. The molecule has 4 aliphatic rings. The van der Waals surface area contributed by atoms with Crippen LogP contribution < -0.4 is 5.32 Å². The SMILES string of the molecule is C1CCN(C2CCN(C3COC4(CCNCC4)C3)CC2)C1. The fraction of sp³-hybridized carbons (Fsp3) is 1.00. The molecular formula is C17H31N3O. The Kier molecular flexibility index (Phi) is 4.23. The van der Waals surface area contributed by atoms with Crippen molar-refractivity contribution in [3.63, 3.8) is 0 Å². The van der Waals surface area contributed by atoms with E-state index in [-0.39, 0.29) is 5.60 Å². The summed E-state index contributed by atoms with van der Waals surface area (Å²) in [6.45, 7) is 8.57. The van der Waals surface area contributed by atoms with Crippen LogP contribution in [0.4, 0.5) is 0 Å². The molecule has 4 nitrogen and oxygen atoms in total. The highest BCUT2D eigenvalue weighted by Gasteiger charge is 2.43. The van der Waals surface area contributed by atoms with Crippen LogP contribution in [0.25, 0.3) is 0 Å². The summed E-state index contributed by atoms with van der Waals surface area (Å²) in [5.41, 5.74) is 0.224. The van der Waals surface area contributed by atoms with Gasteiger partial charge >= 0.3 is 0 Å². The van der Waals surface area contributed by atoms with Crippen LogP contribution in [0, 0.1) is 0 Å². The summed E-state index contributed by atoms with van der Waals surface area (Å²) in [5, 5.41) is 3.47. The number of hydrogen-bond acceptors (Lipinski definition) is 4. The van der Waals surface area contributed by atoms with Crippen LogP contribution in [-0.4, -0.2) is 73.4 Å². The molecule has 120 valence electrons. The van der Waals surface area contributed by atoms with Crippen molar-refractivity contribution >= 4 is 0 Å². The minimum absolute atomic E-state index is 0.224. The second-order valence-electron chi connectivity index (χ2n) is 7.61. The van der Waals surface area contributed by atoms with Gasteiger partial charge in [-0.3, -0.25) is 4.90 Å². The predicted molar refractivity (Wildman–Crippen MR) is 84.6 cm³/mol. The fourth-order valence-corrected chi connectivity index (χ4v) is 5.01. The van der Waals surface area contributed by atoms with E-state index in [4.69, 9.17) is 4.74 Å². The number of rotatable bonds is 2. The zero-order valence-corrected chi connectivity index (χ0v) is 13.4. The number of nitrogens with one attached hydrogen (secondary N) is 1. The molecule has 4 rings (SSSR count). The molecule has 1 spiro atoms. The minimum Gasteiger partial charge on any atom is -0.373 e. The Labute approximate surface area is 129 Å². The molecule has 0 bridgehead atoms. The monoisotopic (exact) mass is 293 g/mol. The van der Waals surface area contributed by atoms with Crippen LogP contribution in [0.1, 0.15) is 44.9 Å². The minimum atomic E-state index is 0.224. The second kappa shape index (κ2) is 6.15. The zero-order chi connectivity index (χ0) is 14.1. The van der Waals surface area contributed by atoms with Crippen molar-refractivity contribution in [3.05, 3.63) is 0 Å². The van der Waals surface area contributed by atoms with E-state index in [1.165, 1.54) is 71.1 Å². The number of nitrogens with zero attached hydrogens (tertiary/aromatic N) is 2. The molecule has 0 aromatic carbocycles. The number of ether oxygens (including phenoxy) is 1. The summed E-state index contributed by atoms with van der Waals surface area (Å²) < 4.78 is 6.28. The van der Waals surface area contributed by atoms with Crippen LogP contribution in [-0.2, 0) is 4.74 Å². The third-order valence-corrected chi connectivity index (χ3v) is 6.38. The zero-order valence-electron chi connectivity index (χ0n) is 13.4. The van der Waals surface area contributed by atoms with E-state index in [0.29, 0.717) is 6.04 Å². The van der Waals surface area contributed by atoms with Gasteiger partial charge in [0.15, 0.2) is 0 Å². The predicted octanol–water partition coefficient (Wildman–Crippen LogP) is 1.46. The van der Waals surface area contributed by atoms with Gasteiger partial charge in [-0.2, -0.15) is 0 Å². The van der Waals surface area contributed by atoms with Gasteiger partial charge in [0, 0.05) is 25.2 Å². The first-order chi connectivity index (χ1) is 10.3. The Hall–Kier alpha value is -0.160. The normalized spacial score (nSPS) is 35.7. The average molecular weight is 293 g/mol. The lowest BCUT2D eigenvalue weighted by molar-refractivity contribution is -0.0206. The Morgan fingerprint density at radius 2 is 1.52 bits per heavy atom. The van der Waals surface area contributed by atoms with Crippen LogP contribution in [0.2, 0.25) is 0 Å². The molecule has 0 aliphatic carbocycles. The van der Waals surface area contributed by atoms with Crippen LogP contribution in [0.5, 0.6) is 0 Å². The molecule has 0 aromatic rings. The van der Waals surface area contributed by atoms with Gasteiger partial charge < -0.3 is 15.0 Å². The van der Waals surface area contributed by atoms with E-state index in [2.05, 4.69) is 15.1 Å². The molecule has 0 aromatic heterocycles. The van der Waals surface area contributed by atoms with Gasteiger partial charge in [0.05, 0.1) is 12.2 Å². The highest BCUT2D eigenvalue weighted by Crippen LogP contribution is 2.37. The molecule has 0 amide bonds. The molecule has 1 N–H and O–H groups in total. The van der Waals surface area contributed by atoms with Crippen molar-refractivity contribution in [2.24, 2.45) is 0 Å². The maximum atomic E-state index is 6.28. The Morgan fingerprint density at radius 3 is 2.24 bits per heavy atom. The largest absolute Gasteiger partial charge is 0.373 e. The summed E-state index contributed by atoms with van der Waals surface area (Å²) in [6.07, 6.45) is 9.32. The van der Waals surface area contributed by atoms with E-state index in [1.54, 1.807) is 0 Å². The molecule has 4 fully saturated rings. The fourth-order valence-electron chi connectivity index (χ4n) is 5.01. The van der Waals surface area contributed by atoms with Gasteiger partial charge in [-0.05, 0) is 71.1 Å². The van der Waals surface area contributed by atoms with Gasteiger partial charge in [0.2, 0.25) is 0 Å². The van der Waals surface area contributed by atoms with E-state index >= 15 is 0 Å². The average Bonchev–Trinajstić information content (AvgIpc) is 3.19. The summed E-state index contributed by atoms with van der Waals surface area (Å²) in [5.74, 6) is 0. The summed E-state index contributed by atoms with van der Waals surface area (Å²) >= 11 is 0. The van der Waals surface area contributed by atoms with Gasteiger partial charge in [0.25, 0.3) is 0 Å². The standard InChI is InChI=1S/C17H31N3O/c1-2-10-19(9-1)15-3-11-20(12-4-15)16-13-17(21-14-16)5-7-18-8-6-17/h15-16,18H,1-14H2. The van der Waals surface area contributed by atoms with Crippen molar-refractivity contribution < 1.29 is 4.74 Å². The van der Waals surface area contributed by atoms with E-state index in [9.17, 15) is 0 Å². The summed E-state index contributed by atoms with van der Waals surface area (Å²) in [4.78, 5) is 5.49. The van der Waals surface area contributed by atoms with E-state index < -0.39 is 0 Å².